The van der Waals surface area contributed by atoms with E-state index >= 15 is 0 Å². The third kappa shape index (κ3) is 2.48. The Hall–Kier alpha value is -0.770. The first kappa shape index (κ1) is 11.7. The Bertz CT molecular complexity index is 298. The molecule has 1 saturated heterocycles. The molecule has 0 spiro atoms. The molecule has 4 nitrogen and oxygen atoms in total. The van der Waals surface area contributed by atoms with Crippen LogP contribution >= 0.6 is 0 Å². The summed E-state index contributed by atoms with van der Waals surface area (Å²) in [6.07, 6.45) is 3.04. The molecule has 2 bridgehead atoms. The fraction of sp³-hybridized carbons (Fsp3) is 0.917. The van der Waals surface area contributed by atoms with Crippen LogP contribution in [0.3, 0.4) is 0 Å². The lowest BCUT2D eigenvalue weighted by Crippen LogP contribution is -2.55. The van der Waals surface area contributed by atoms with E-state index in [1.54, 1.807) is 4.90 Å². The van der Waals surface area contributed by atoms with Gasteiger partial charge in [-0.2, -0.15) is 0 Å². The maximum atomic E-state index is 11.9. The first-order valence-corrected chi connectivity index (χ1v) is 6.04. The van der Waals surface area contributed by atoms with Gasteiger partial charge in [0.2, 0.25) is 0 Å². The standard InChI is InChI=1S/C12H22N2O2/c1-11(2,3)16-10(15)14-7-9-4-5-12(13,6-9)8-14/h9H,4-8,13H2,1-3H3. The van der Waals surface area contributed by atoms with Gasteiger partial charge in [0.15, 0.2) is 0 Å². The Balaban J connectivity index is 1.99. The highest BCUT2D eigenvalue weighted by Gasteiger charge is 2.44. The van der Waals surface area contributed by atoms with Crippen molar-refractivity contribution < 1.29 is 9.53 Å². The summed E-state index contributed by atoms with van der Waals surface area (Å²) in [7, 11) is 0. The summed E-state index contributed by atoms with van der Waals surface area (Å²) in [4.78, 5) is 13.7. The van der Waals surface area contributed by atoms with Gasteiger partial charge in [-0.05, 0) is 46.0 Å². The molecule has 16 heavy (non-hydrogen) atoms. The molecule has 1 amide bonds. The molecule has 1 saturated carbocycles. The summed E-state index contributed by atoms with van der Waals surface area (Å²) in [5.41, 5.74) is 5.67. The molecule has 1 aliphatic carbocycles. The number of hydrogen-bond donors (Lipinski definition) is 1. The van der Waals surface area contributed by atoms with Crippen molar-refractivity contribution in [3.05, 3.63) is 0 Å². The Morgan fingerprint density at radius 3 is 2.75 bits per heavy atom. The average molecular weight is 226 g/mol. The Kier molecular flexibility index (Phi) is 2.65. The molecule has 2 fully saturated rings. The first-order valence-electron chi connectivity index (χ1n) is 6.04. The number of amides is 1. The number of nitrogens with zero attached hydrogens (tertiary/aromatic N) is 1. The Labute approximate surface area is 97.1 Å². The molecule has 1 aliphatic heterocycles. The van der Waals surface area contributed by atoms with Crippen molar-refractivity contribution in [3.63, 3.8) is 0 Å². The molecule has 0 aromatic rings. The first-order chi connectivity index (χ1) is 7.27. The topological polar surface area (TPSA) is 55.6 Å². The quantitative estimate of drug-likeness (QED) is 0.684. The van der Waals surface area contributed by atoms with Gasteiger partial charge in [0.25, 0.3) is 0 Å². The molecule has 2 atom stereocenters. The van der Waals surface area contributed by atoms with Gasteiger partial charge in [-0.3, -0.25) is 0 Å². The van der Waals surface area contributed by atoms with Crippen molar-refractivity contribution in [1.82, 2.24) is 4.90 Å². The second-order valence-electron chi connectivity index (χ2n) is 6.33. The zero-order valence-electron chi connectivity index (χ0n) is 10.5. The van der Waals surface area contributed by atoms with Crippen LogP contribution in [0.4, 0.5) is 4.79 Å². The lowest BCUT2D eigenvalue weighted by Gasteiger charge is -2.38. The zero-order valence-corrected chi connectivity index (χ0v) is 10.5. The number of nitrogens with two attached hydrogens (primary N) is 1. The van der Waals surface area contributed by atoms with Crippen molar-refractivity contribution in [2.45, 2.75) is 51.2 Å². The summed E-state index contributed by atoms with van der Waals surface area (Å²) in [6.45, 7) is 7.14. The van der Waals surface area contributed by atoms with Gasteiger partial charge in [-0.1, -0.05) is 0 Å². The number of piperidine rings is 1. The monoisotopic (exact) mass is 226 g/mol. The van der Waals surface area contributed by atoms with Crippen molar-refractivity contribution >= 4 is 6.09 Å². The molecule has 0 aromatic heterocycles. The Morgan fingerprint density at radius 1 is 1.50 bits per heavy atom. The van der Waals surface area contributed by atoms with Gasteiger partial charge in [0.05, 0.1) is 0 Å². The van der Waals surface area contributed by atoms with E-state index in [2.05, 4.69) is 0 Å². The third-order valence-electron chi connectivity index (χ3n) is 3.38. The number of hydrogen-bond acceptors (Lipinski definition) is 3. The molecule has 4 heteroatoms. The van der Waals surface area contributed by atoms with Crippen LogP contribution in [0.15, 0.2) is 0 Å². The van der Waals surface area contributed by atoms with Crippen LogP contribution in [0, 0.1) is 5.92 Å². The second-order valence-corrected chi connectivity index (χ2v) is 6.33. The van der Waals surface area contributed by atoms with E-state index in [1.165, 1.54) is 0 Å². The SMILES string of the molecule is CC(C)(C)OC(=O)N1CC2CCC(N)(C2)C1. The summed E-state index contributed by atoms with van der Waals surface area (Å²) in [5.74, 6) is 0.575. The van der Waals surface area contributed by atoms with E-state index in [4.69, 9.17) is 10.5 Å². The molecule has 92 valence electrons. The van der Waals surface area contributed by atoms with E-state index in [-0.39, 0.29) is 11.6 Å². The van der Waals surface area contributed by atoms with Crippen molar-refractivity contribution in [3.8, 4) is 0 Å². The van der Waals surface area contributed by atoms with Crippen LogP contribution in [0.2, 0.25) is 0 Å². The smallest absolute Gasteiger partial charge is 0.410 e. The van der Waals surface area contributed by atoms with Gasteiger partial charge < -0.3 is 15.4 Å². The molecular weight excluding hydrogens is 204 g/mol. The molecule has 2 unspecified atom stereocenters. The Morgan fingerprint density at radius 2 is 2.19 bits per heavy atom. The van der Waals surface area contributed by atoms with E-state index in [0.717, 1.165) is 25.8 Å². The maximum absolute atomic E-state index is 11.9. The highest BCUT2D eigenvalue weighted by molar-refractivity contribution is 5.68. The molecule has 1 heterocycles. The van der Waals surface area contributed by atoms with E-state index in [0.29, 0.717) is 12.5 Å². The highest BCUT2D eigenvalue weighted by atomic mass is 16.6. The number of fused-ring (bicyclic) bond motifs is 2. The fourth-order valence-corrected chi connectivity index (χ4v) is 2.79. The third-order valence-corrected chi connectivity index (χ3v) is 3.38. The van der Waals surface area contributed by atoms with E-state index in [1.807, 2.05) is 20.8 Å². The number of carbonyl (C=O) groups excluding carboxylic acids is 1. The molecule has 2 aliphatic rings. The number of carbonyl (C=O) groups is 1. The summed E-state index contributed by atoms with van der Waals surface area (Å²) >= 11 is 0. The zero-order chi connectivity index (χ0) is 12.0. The predicted octanol–water partition coefficient (Wildman–Crippen LogP) is 1.73. The largest absolute Gasteiger partial charge is 0.444 e. The maximum Gasteiger partial charge on any atom is 0.410 e. The minimum atomic E-state index is -0.421. The van der Waals surface area contributed by atoms with Crippen molar-refractivity contribution in [1.29, 1.82) is 0 Å². The van der Waals surface area contributed by atoms with Gasteiger partial charge in [0.1, 0.15) is 5.60 Å². The van der Waals surface area contributed by atoms with Crippen LogP contribution in [-0.4, -0.2) is 35.2 Å². The average Bonchev–Trinajstić information content (AvgIpc) is 2.37. The van der Waals surface area contributed by atoms with Gasteiger partial charge in [-0.15, -0.1) is 0 Å². The van der Waals surface area contributed by atoms with Crippen molar-refractivity contribution in [2.24, 2.45) is 11.7 Å². The summed E-state index contributed by atoms with van der Waals surface area (Å²) < 4.78 is 5.38. The summed E-state index contributed by atoms with van der Waals surface area (Å²) in [6, 6.07) is 0. The highest BCUT2D eigenvalue weighted by Crippen LogP contribution is 2.38. The van der Waals surface area contributed by atoms with Crippen LogP contribution < -0.4 is 5.73 Å². The lowest BCUT2D eigenvalue weighted by molar-refractivity contribution is 0.0132. The van der Waals surface area contributed by atoms with Crippen LogP contribution in [-0.2, 0) is 4.74 Å². The van der Waals surface area contributed by atoms with Crippen LogP contribution in [0.5, 0.6) is 0 Å². The molecule has 0 radical (unpaired) electrons. The summed E-state index contributed by atoms with van der Waals surface area (Å²) in [5, 5.41) is 0. The molecule has 0 aromatic carbocycles. The van der Waals surface area contributed by atoms with E-state index < -0.39 is 5.60 Å². The second kappa shape index (κ2) is 3.62. The van der Waals surface area contributed by atoms with Crippen LogP contribution in [0.25, 0.3) is 0 Å². The molecular formula is C12H22N2O2. The minimum absolute atomic E-state index is 0.153. The van der Waals surface area contributed by atoms with Gasteiger partial charge >= 0.3 is 6.09 Å². The number of ether oxygens (including phenoxy) is 1. The van der Waals surface area contributed by atoms with Gasteiger partial charge in [-0.25, -0.2) is 4.79 Å². The molecule has 2 N–H and O–H groups in total. The number of likely N-dealkylation sites (tertiary alicyclic amines) is 1. The fourth-order valence-electron chi connectivity index (χ4n) is 2.79. The van der Waals surface area contributed by atoms with E-state index in [9.17, 15) is 4.79 Å². The lowest BCUT2D eigenvalue weighted by atomic mass is 9.92. The van der Waals surface area contributed by atoms with Gasteiger partial charge in [0, 0.05) is 18.6 Å². The number of rotatable bonds is 0. The van der Waals surface area contributed by atoms with Crippen molar-refractivity contribution in [2.75, 3.05) is 13.1 Å². The predicted molar refractivity (Wildman–Crippen MR) is 62.1 cm³/mol. The van der Waals surface area contributed by atoms with Crippen LogP contribution in [0.1, 0.15) is 40.0 Å². The minimum Gasteiger partial charge on any atom is -0.444 e. The normalized spacial score (nSPS) is 34.0. The molecule has 2 rings (SSSR count).